The summed E-state index contributed by atoms with van der Waals surface area (Å²) < 4.78 is 5.36. The molecule has 13 heavy (non-hydrogen) atoms. The third kappa shape index (κ3) is 1.95. The Hall–Kier alpha value is -0.740. The Bertz CT molecular complexity index is 351. The summed E-state index contributed by atoms with van der Waals surface area (Å²) in [4.78, 5) is 10.7. The van der Waals surface area contributed by atoms with E-state index in [1.165, 1.54) is 19.2 Å². The summed E-state index contributed by atoms with van der Waals surface area (Å²) in [7, 11) is 1.39. The maximum Gasteiger partial charge on any atom is 0.339 e. The molecule has 1 N–H and O–H groups in total. The van der Waals surface area contributed by atoms with Crippen LogP contribution in [0.15, 0.2) is 16.6 Å². The zero-order valence-electron chi connectivity index (χ0n) is 6.67. The Kier molecular flexibility index (Phi) is 3.17. The van der Waals surface area contributed by atoms with Crippen LogP contribution in [0.25, 0.3) is 0 Å². The molecule has 3 nitrogen and oxygen atoms in total. The number of hydrogen-bond acceptors (Lipinski definition) is 2. The molecule has 0 saturated carbocycles. The minimum absolute atomic E-state index is 0.0822. The number of halogens is 2. The lowest BCUT2D eigenvalue weighted by atomic mass is 10.2. The van der Waals surface area contributed by atoms with Crippen LogP contribution in [0, 0.1) is 0 Å². The van der Waals surface area contributed by atoms with Gasteiger partial charge < -0.3 is 9.84 Å². The van der Waals surface area contributed by atoms with E-state index >= 15 is 0 Å². The minimum atomic E-state index is -1.05. The van der Waals surface area contributed by atoms with Crippen molar-refractivity contribution >= 4 is 33.5 Å². The highest BCUT2D eigenvalue weighted by Crippen LogP contribution is 2.35. The number of carbonyl (C=O) groups is 1. The summed E-state index contributed by atoms with van der Waals surface area (Å²) in [6, 6.07) is 2.89. The number of rotatable bonds is 2. The van der Waals surface area contributed by atoms with Crippen molar-refractivity contribution in [3.8, 4) is 5.75 Å². The lowest BCUT2D eigenvalue weighted by Gasteiger charge is -2.07. The molecule has 0 aliphatic rings. The van der Waals surface area contributed by atoms with Gasteiger partial charge >= 0.3 is 5.97 Å². The van der Waals surface area contributed by atoms with Gasteiger partial charge in [0, 0.05) is 0 Å². The van der Waals surface area contributed by atoms with Gasteiger partial charge in [0.2, 0.25) is 0 Å². The van der Waals surface area contributed by atoms with Gasteiger partial charge in [-0.2, -0.15) is 0 Å². The van der Waals surface area contributed by atoms with E-state index in [9.17, 15) is 4.79 Å². The van der Waals surface area contributed by atoms with Gasteiger partial charge in [0.15, 0.2) is 0 Å². The summed E-state index contributed by atoms with van der Waals surface area (Å²) in [6.45, 7) is 0. The largest absolute Gasteiger partial charge is 0.495 e. The van der Waals surface area contributed by atoms with E-state index in [1.807, 2.05) is 0 Å². The highest BCUT2D eigenvalue weighted by molar-refractivity contribution is 9.10. The van der Waals surface area contributed by atoms with Crippen molar-refractivity contribution in [3.05, 3.63) is 27.2 Å². The quantitative estimate of drug-likeness (QED) is 0.894. The van der Waals surface area contributed by atoms with Crippen LogP contribution in [-0.4, -0.2) is 18.2 Å². The van der Waals surface area contributed by atoms with E-state index in [0.29, 0.717) is 9.50 Å². The van der Waals surface area contributed by atoms with Crippen LogP contribution in [-0.2, 0) is 0 Å². The molecule has 70 valence electrons. The normalized spacial score (nSPS) is 9.77. The fraction of sp³-hybridized carbons (Fsp3) is 0.125. The topological polar surface area (TPSA) is 46.5 Å². The zero-order valence-corrected chi connectivity index (χ0v) is 9.02. The highest BCUT2D eigenvalue weighted by atomic mass is 79.9. The SMILES string of the molecule is COc1c(C(=O)O)ccc(Cl)c1Br. The molecular weight excluding hydrogens is 259 g/mol. The van der Waals surface area contributed by atoms with Crippen molar-refractivity contribution < 1.29 is 14.6 Å². The van der Waals surface area contributed by atoms with E-state index in [4.69, 9.17) is 21.4 Å². The van der Waals surface area contributed by atoms with Gasteiger partial charge in [0.1, 0.15) is 11.3 Å². The number of hydrogen-bond donors (Lipinski definition) is 1. The van der Waals surface area contributed by atoms with Gasteiger partial charge in [-0.3, -0.25) is 0 Å². The molecule has 0 heterocycles. The van der Waals surface area contributed by atoms with Gasteiger partial charge in [-0.1, -0.05) is 11.6 Å². The molecule has 1 aromatic carbocycles. The molecule has 0 unspecified atom stereocenters. The third-order valence-corrected chi connectivity index (χ3v) is 2.82. The van der Waals surface area contributed by atoms with Gasteiger partial charge in [-0.15, -0.1) is 0 Å². The van der Waals surface area contributed by atoms with Crippen LogP contribution in [0.3, 0.4) is 0 Å². The van der Waals surface area contributed by atoms with Crippen molar-refractivity contribution in [1.29, 1.82) is 0 Å². The summed E-state index contributed by atoms with van der Waals surface area (Å²) in [5.74, 6) is -0.811. The number of aromatic carboxylic acids is 1. The number of carboxylic acids is 1. The first-order chi connectivity index (χ1) is 6.07. The molecule has 0 aromatic heterocycles. The molecule has 0 aliphatic carbocycles. The van der Waals surface area contributed by atoms with E-state index in [1.54, 1.807) is 0 Å². The average molecular weight is 265 g/mol. The van der Waals surface area contributed by atoms with Gasteiger partial charge in [-0.05, 0) is 28.1 Å². The molecule has 0 aliphatic heterocycles. The predicted octanol–water partition coefficient (Wildman–Crippen LogP) is 2.81. The summed E-state index contributed by atoms with van der Waals surface area (Å²) in [5.41, 5.74) is 0.0822. The van der Waals surface area contributed by atoms with Crippen LogP contribution in [0.4, 0.5) is 0 Å². The molecule has 0 bridgehead atoms. The summed E-state index contributed by atoms with van der Waals surface area (Å²) in [6.07, 6.45) is 0. The van der Waals surface area contributed by atoms with Crippen molar-refractivity contribution in [2.45, 2.75) is 0 Å². The maximum atomic E-state index is 10.7. The molecule has 5 heteroatoms. The molecule has 0 spiro atoms. The van der Waals surface area contributed by atoms with Crippen molar-refractivity contribution in [2.75, 3.05) is 7.11 Å². The molecule has 0 radical (unpaired) electrons. The first-order valence-electron chi connectivity index (χ1n) is 3.33. The molecule has 0 atom stereocenters. The Morgan fingerprint density at radius 3 is 2.69 bits per heavy atom. The standard InChI is InChI=1S/C8H6BrClO3/c1-13-7-4(8(11)12)2-3-5(10)6(7)9/h2-3H,1H3,(H,11,12). The maximum absolute atomic E-state index is 10.7. The number of methoxy groups -OCH3 is 1. The fourth-order valence-electron chi connectivity index (χ4n) is 0.900. The number of ether oxygens (including phenoxy) is 1. The lowest BCUT2D eigenvalue weighted by Crippen LogP contribution is -2.00. The number of carboxylic acid groups (broad SMARTS) is 1. The van der Waals surface area contributed by atoms with Crippen LogP contribution in [0.2, 0.25) is 5.02 Å². The second-order valence-electron chi connectivity index (χ2n) is 2.25. The number of benzene rings is 1. The van der Waals surface area contributed by atoms with Crippen LogP contribution >= 0.6 is 27.5 Å². The van der Waals surface area contributed by atoms with Crippen molar-refractivity contribution in [2.24, 2.45) is 0 Å². The Morgan fingerprint density at radius 1 is 1.62 bits per heavy atom. The van der Waals surface area contributed by atoms with Crippen molar-refractivity contribution in [3.63, 3.8) is 0 Å². The van der Waals surface area contributed by atoms with E-state index < -0.39 is 5.97 Å². The zero-order chi connectivity index (χ0) is 10.0. The monoisotopic (exact) mass is 264 g/mol. The Morgan fingerprint density at radius 2 is 2.23 bits per heavy atom. The average Bonchev–Trinajstić information content (AvgIpc) is 2.09. The summed E-state index contributed by atoms with van der Waals surface area (Å²) >= 11 is 8.89. The van der Waals surface area contributed by atoms with Crippen LogP contribution in [0.1, 0.15) is 10.4 Å². The first-order valence-corrected chi connectivity index (χ1v) is 4.50. The molecule has 0 fully saturated rings. The van der Waals surface area contributed by atoms with E-state index in [2.05, 4.69) is 15.9 Å². The van der Waals surface area contributed by atoms with E-state index in [0.717, 1.165) is 0 Å². The predicted molar refractivity (Wildman–Crippen MR) is 52.7 cm³/mol. The lowest BCUT2D eigenvalue weighted by molar-refractivity contribution is 0.0693. The molecular formula is C8H6BrClO3. The highest BCUT2D eigenvalue weighted by Gasteiger charge is 2.15. The van der Waals surface area contributed by atoms with Crippen LogP contribution < -0.4 is 4.74 Å². The minimum Gasteiger partial charge on any atom is -0.495 e. The Balaban J connectivity index is 3.38. The molecule has 1 rings (SSSR count). The molecule has 0 amide bonds. The second kappa shape index (κ2) is 3.98. The van der Waals surface area contributed by atoms with Crippen LogP contribution in [0.5, 0.6) is 5.75 Å². The molecule has 0 saturated heterocycles. The first kappa shape index (κ1) is 10.3. The van der Waals surface area contributed by atoms with Gasteiger partial charge in [0.25, 0.3) is 0 Å². The Labute approximate surface area is 88.4 Å². The smallest absolute Gasteiger partial charge is 0.339 e. The molecule has 1 aromatic rings. The van der Waals surface area contributed by atoms with Gasteiger partial charge in [0.05, 0.1) is 16.6 Å². The van der Waals surface area contributed by atoms with Crippen molar-refractivity contribution in [1.82, 2.24) is 0 Å². The summed E-state index contributed by atoms with van der Waals surface area (Å²) in [5, 5.41) is 9.19. The second-order valence-corrected chi connectivity index (χ2v) is 3.45. The van der Waals surface area contributed by atoms with E-state index in [-0.39, 0.29) is 11.3 Å². The van der Waals surface area contributed by atoms with Gasteiger partial charge in [-0.25, -0.2) is 4.79 Å². The third-order valence-electron chi connectivity index (χ3n) is 1.48. The fourth-order valence-corrected chi connectivity index (χ4v) is 1.56.